The number of halogens is 1. The van der Waals surface area contributed by atoms with Gasteiger partial charge in [-0.05, 0) is 42.2 Å². The molecule has 0 aromatic heterocycles. The van der Waals surface area contributed by atoms with Crippen LogP contribution in [-0.4, -0.2) is 39.3 Å². The van der Waals surface area contributed by atoms with Crippen molar-refractivity contribution in [3.8, 4) is 5.75 Å². The van der Waals surface area contributed by atoms with E-state index in [1.807, 2.05) is 0 Å². The van der Waals surface area contributed by atoms with Crippen molar-refractivity contribution in [2.75, 3.05) is 13.2 Å². The lowest BCUT2D eigenvalue weighted by molar-refractivity contribution is -0.384. The molecule has 7 nitrogen and oxygen atoms in total. The van der Waals surface area contributed by atoms with Gasteiger partial charge in [-0.2, -0.15) is 0 Å². The fourth-order valence-corrected chi connectivity index (χ4v) is 4.96. The molecule has 1 atom stereocenters. The Bertz CT molecular complexity index is 1100. The fourth-order valence-electron chi connectivity index (χ4n) is 3.45. The number of carbonyl (C=O) groups excluding carboxylic acids is 1. The van der Waals surface area contributed by atoms with Crippen molar-refractivity contribution in [3.63, 3.8) is 0 Å². The van der Waals surface area contributed by atoms with E-state index in [0.29, 0.717) is 32.1 Å². The molecule has 2 aliphatic heterocycles. The van der Waals surface area contributed by atoms with Gasteiger partial charge in [-0.1, -0.05) is 53.8 Å². The van der Waals surface area contributed by atoms with Gasteiger partial charge in [-0.3, -0.25) is 19.8 Å². The smallest absolute Gasteiger partial charge is 0.269 e. The highest BCUT2D eigenvalue weighted by Gasteiger charge is 2.34. The lowest BCUT2D eigenvalue weighted by Crippen LogP contribution is -2.35. The second-order valence-electron chi connectivity index (χ2n) is 7.33. The van der Waals surface area contributed by atoms with E-state index in [0.717, 1.165) is 25.0 Å². The first-order valence-electron chi connectivity index (χ1n) is 9.93. The van der Waals surface area contributed by atoms with Gasteiger partial charge in [0.05, 0.1) is 27.5 Å². The Hall–Kier alpha value is -2.46. The van der Waals surface area contributed by atoms with Crippen molar-refractivity contribution in [1.82, 2.24) is 4.90 Å². The summed E-state index contributed by atoms with van der Waals surface area (Å²) in [6.45, 7) is 1.35. The van der Waals surface area contributed by atoms with Gasteiger partial charge in [0.15, 0.2) is 0 Å². The van der Waals surface area contributed by atoms with Crippen LogP contribution in [0.3, 0.4) is 0 Å². The molecule has 2 saturated heterocycles. The van der Waals surface area contributed by atoms with E-state index in [9.17, 15) is 14.9 Å². The molecule has 10 heteroatoms. The summed E-state index contributed by atoms with van der Waals surface area (Å²) in [6, 6.07) is 11.4. The van der Waals surface area contributed by atoms with Crippen LogP contribution < -0.4 is 4.74 Å². The van der Waals surface area contributed by atoms with Crippen molar-refractivity contribution in [2.45, 2.75) is 25.6 Å². The Morgan fingerprint density at radius 1 is 1.34 bits per heavy atom. The van der Waals surface area contributed by atoms with Crippen LogP contribution in [0, 0.1) is 10.1 Å². The number of ether oxygens (including phenoxy) is 2. The van der Waals surface area contributed by atoms with E-state index >= 15 is 0 Å². The molecule has 2 heterocycles. The molecule has 0 unspecified atom stereocenters. The van der Waals surface area contributed by atoms with Gasteiger partial charge < -0.3 is 9.47 Å². The molecule has 0 aliphatic carbocycles. The van der Waals surface area contributed by atoms with Gasteiger partial charge in [0.1, 0.15) is 16.7 Å². The van der Waals surface area contributed by atoms with E-state index in [4.69, 9.17) is 33.3 Å². The predicted octanol–water partition coefficient (Wildman–Crippen LogP) is 5.21. The first kappa shape index (κ1) is 22.7. The van der Waals surface area contributed by atoms with Crippen molar-refractivity contribution in [3.05, 3.63) is 73.6 Å². The number of amides is 1. The molecule has 0 radical (unpaired) electrons. The number of thioether (sulfide) groups is 1. The van der Waals surface area contributed by atoms with E-state index in [2.05, 4.69) is 0 Å². The van der Waals surface area contributed by atoms with Gasteiger partial charge in [0.25, 0.3) is 11.6 Å². The summed E-state index contributed by atoms with van der Waals surface area (Å²) in [5.41, 5.74) is 1.41. The molecule has 32 heavy (non-hydrogen) atoms. The van der Waals surface area contributed by atoms with Gasteiger partial charge in [-0.15, -0.1) is 0 Å². The number of nitro benzene ring substituents is 1. The second-order valence-corrected chi connectivity index (χ2v) is 9.42. The van der Waals surface area contributed by atoms with Crippen LogP contribution in [0.25, 0.3) is 6.08 Å². The summed E-state index contributed by atoms with van der Waals surface area (Å²) in [5, 5.41) is 11.3. The topological polar surface area (TPSA) is 81.9 Å². The lowest BCUT2D eigenvalue weighted by atomic mass is 10.2. The number of rotatable bonds is 7. The van der Waals surface area contributed by atoms with Crippen molar-refractivity contribution in [2.24, 2.45) is 0 Å². The number of carbonyl (C=O) groups is 1. The SMILES string of the molecule is O=C1/C(=C/c2ccc(OCc3cccc([N+](=O)[O-])c3)c(Cl)c2)SC(=S)N1C[C@H]1CCCO1. The highest BCUT2D eigenvalue weighted by molar-refractivity contribution is 8.26. The number of thiocarbonyl (C=S) groups is 1. The molecule has 2 fully saturated rings. The van der Waals surface area contributed by atoms with E-state index < -0.39 is 4.92 Å². The van der Waals surface area contributed by atoms with Crippen molar-refractivity contribution >= 4 is 57.6 Å². The number of hydrogen-bond acceptors (Lipinski definition) is 7. The third-order valence-corrected chi connectivity index (χ3v) is 6.73. The molecule has 0 N–H and O–H groups in total. The monoisotopic (exact) mass is 490 g/mol. The largest absolute Gasteiger partial charge is 0.487 e. The number of non-ortho nitro benzene ring substituents is 1. The summed E-state index contributed by atoms with van der Waals surface area (Å²) in [4.78, 5) is 25.4. The van der Waals surface area contributed by atoms with Gasteiger partial charge in [0.2, 0.25) is 0 Å². The number of nitro groups is 1. The molecular formula is C22H19ClN2O5S2. The normalized spacial score (nSPS) is 19.7. The molecule has 1 amide bonds. The molecule has 2 aromatic carbocycles. The van der Waals surface area contributed by atoms with Crippen LogP contribution in [0.4, 0.5) is 5.69 Å². The maximum absolute atomic E-state index is 12.8. The van der Waals surface area contributed by atoms with Crippen LogP contribution >= 0.6 is 35.6 Å². The van der Waals surface area contributed by atoms with Crippen molar-refractivity contribution < 1.29 is 19.2 Å². The number of benzene rings is 2. The minimum Gasteiger partial charge on any atom is -0.487 e. The highest BCUT2D eigenvalue weighted by Crippen LogP contribution is 2.35. The zero-order chi connectivity index (χ0) is 22.7. The van der Waals surface area contributed by atoms with E-state index in [1.54, 1.807) is 41.3 Å². The summed E-state index contributed by atoms with van der Waals surface area (Å²) in [7, 11) is 0. The summed E-state index contributed by atoms with van der Waals surface area (Å²) >= 11 is 13.0. The van der Waals surface area contributed by atoms with Crippen LogP contribution in [0.1, 0.15) is 24.0 Å². The average molecular weight is 491 g/mol. The highest BCUT2D eigenvalue weighted by atomic mass is 35.5. The maximum Gasteiger partial charge on any atom is 0.269 e. The third-order valence-electron chi connectivity index (χ3n) is 5.05. The Morgan fingerprint density at radius 3 is 2.91 bits per heavy atom. The minimum atomic E-state index is -0.450. The summed E-state index contributed by atoms with van der Waals surface area (Å²) in [5.74, 6) is 0.318. The summed E-state index contributed by atoms with van der Waals surface area (Å²) in [6.07, 6.45) is 3.73. The van der Waals surface area contributed by atoms with E-state index in [-0.39, 0.29) is 24.3 Å². The molecule has 166 valence electrons. The average Bonchev–Trinajstić information content (AvgIpc) is 3.37. The molecular weight excluding hydrogens is 472 g/mol. The van der Waals surface area contributed by atoms with Crippen LogP contribution in [0.5, 0.6) is 5.75 Å². The Labute approximate surface area is 199 Å². The molecule has 2 aromatic rings. The second kappa shape index (κ2) is 9.99. The number of nitrogens with zero attached hydrogens (tertiary/aromatic N) is 2. The Kier molecular flexibility index (Phi) is 7.10. The van der Waals surface area contributed by atoms with Crippen LogP contribution in [-0.2, 0) is 16.1 Å². The molecule has 0 spiro atoms. The molecule has 2 aliphatic rings. The molecule has 0 bridgehead atoms. The van der Waals surface area contributed by atoms with Gasteiger partial charge >= 0.3 is 0 Å². The first-order chi connectivity index (χ1) is 15.4. The predicted molar refractivity (Wildman–Crippen MR) is 128 cm³/mol. The summed E-state index contributed by atoms with van der Waals surface area (Å²) < 4.78 is 11.9. The van der Waals surface area contributed by atoms with Crippen molar-refractivity contribution in [1.29, 1.82) is 0 Å². The molecule has 4 rings (SSSR count). The third kappa shape index (κ3) is 5.29. The fraction of sp³-hybridized carbons (Fsp3) is 0.273. The quantitative estimate of drug-likeness (QED) is 0.228. The minimum absolute atomic E-state index is 0.00403. The Morgan fingerprint density at radius 2 is 2.19 bits per heavy atom. The lowest BCUT2D eigenvalue weighted by Gasteiger charge is -2.18. The van der Waals surface area contributed by atoms with Gasteiger partial charge in [0, 0.05) is 18.7 Å². The van der Waals surface area contributed by atoms with E-state index in [1.165, 1.54) is 23.9 Å². The van der Waals surface area contributed by atoms with Crippen LogP contribution in [0.2, 0.25) is 5.02 Å². The zero-order valence-electron chi connectivity index (χ0n) is 16.9. The molecule has 0 saturated carbocycles. The zero-order valence-corrected chi connectivity index (χ0v) is 19.3. The van der Waals surface area contributed by atoms with Crippen LogP contribution in [0.15, 0.2) is 47.4 Å². The maximum atomic E-state index is 12.8. The van der Waals surface area contributed by atoms with Gasteiger partial charge in [-0.25, -0.2) is 0 Å². The number of hydrogen-bond donors (Lipinski definition) is 0. The standard InChI is InChI=1S/C22H19ClN2O5S2/c23-18-10-14(6-7-19(18)30-13-15-3-1-4-16(9-15)25(27)28)11-20-21(26)24(22(31)32-20)12-17-5-2-8-29-17/h1,3-4,6-7,9-11,17H,2,5,8,12-13H2/b20-11-/t17-/m1/s1. The Balaban J connectivity index is 1.42. The first-order valence-corrected chi connectivity index (χ1v) is 11.5.